The molecule has 98 valence electrons. The van der Waals surface area contributed by atoms with Crippen molar-refractivity contribution in [3.05, 3.63) is 72.3 Å². The van der Waals surface area contributed by atoms with Gasteiger partial charge in [-0.25, -0.2) is 0 Å². The van der Waals surface area contributed by atoms with Gasteiger partial charge in [-0.1, -0.05) is 6.07 Å². The second-order valence-corrected chi connectivity index (χ2v) is 4.29. The number of aromatic amines is 2. The van der Waals surface area contributed by atoms with E-state index in [0.717, 1.165) is 22.8 Å². The second kappa shape index (κ2) is 5.84. The van der Waals surface area contributed by atoms with Gasteiger partial charge in [-0.05, 0) is 42.5 Å². The number of nitrogens with zero attached hydrogens (tertiary/aromatic N) is 2. The molecule has 0 unspecified atom stereocenters. The van der Waals surface area contributed by atoms with Crippen LogP contribution in [-0.4, -0.2) is 22.4 Å². The molecule has 0 saturated carbocycles. The summed E-state index contributed by atoms with van der Waals surface area (Å²) in [7, 11) is 0. The highest BCUT2D eigenvalue weighted by atomic mass is 14.8. The van der Waals surface area contributed by atoms with E-state index in [1.165, 1.54) is 0 Å². The molecule has 4 nitrogen and oxygen atoms in total. The van der Waals surface area contributed by atoms with Crippen LogP contribution in [0.4, 0.5) is 11.4 Å². The Kier molecular flexibility index (Phi) is 3.55. The number of H-pyrrole nitrogens is 2. The van der Waals surface area contributed by atoms with Crippen LogP contribution in [0.25, 0.3) is 0 Å². The van der Waals surface area contributed by atoms with Crippen molar-refractivity contribution in [2.45, 2.75) is 0 Å². The summed E-state index contributed by atoms with van der Waals surface area (Å²) in [4.78, 5) is 15.0. The Morgan fingerprint density at radius 2 is 1.25 bits per heavy atom. The first-order chi connectivity index (χ1) is 9.90. The van der Waals surface area contributed by atoms with Gasteiger partial charge in [-0.2, -0.15) is 0 Å². The lowest BCUT2D eigenvalue weighted by Crippen LogP contribution is -1.79. The summed E-state index contributed by atoms with van der Waals surface area (Å²) in [6.07, 6.45) is 7.35. The molecule has 0 spiro atoms. The van der Waals surface area contributed by atoms with Gasteiger partial charge >= 0.3 is 0 Å². The Balaban J connectivity index is 1.76. The number of nitrogens with one attached hydrogen (secondary N) is 2. The number of hydrogen-bond acceptors (Lipinski definition) is 2. The molecular formula is C16H14N4. The molecule has 1 aromatic carbocycles. The van der Waals surface area contributed by atoms with Crippen molar-refractivity contribution in [1.82, 2.24) is 9.97 Å². The van der Waals surface area contributed by atoms with Crippen LogP contribution in [0.5, 0.6) is 0 Å². The molecule has 20 heavy (non-hydrogen) atoms. The quantitative estimate of drug-likeness (QED) is 0.671. The first kappa shape index (κ1) is 12.2. The van der Waals surface area contributed by atoms with Gasteiger partial charge < -0.3 is 9.97 Å². The van der Waals surface area contributed by atoms with Crippen molar-refractivity contribution in [1.29, 1.82) is 0 Å². The first-order valence-corrected chi connectivity index (χ1v) is 6.35. The van der Waals surface area contributed by atoms with Gasteiger partial charge in [0.15, 0.2) is 0 Å². The minimum atomic E-state index is 0.876. The Morgan fingerprint density at radius 1 is 0.700 bits per heavy atom. The number of aromatic nitrogens is 2. The van der Waals surface area contributed by atoms with Crippen LogP contribution >= 0.6 is 0 Å². The van der Waals surface area contributed by atoms with Gasteiger partial charge in [-0.15, -0.1) is 0 Å². The number of hydrogen-bond donors (Lipinski definition) is 2. The van der Waals surface area contributed by atoms with Crippen molar-refractivity contribution in [2.24, 2.45) is 9.98 Å². The maximum absolute atomic E-state index is 4.42. The van der Waals surface area contributed by atoms with E-state index in [2.05, 4.69) is 20.0 Å². The third-order valence-electron chi connectivity index (χ3n) is 2.78. The average Bonchev–Trinajstić information content (AvgIpc) is 3.17. The van der Waals surface area contributed by atoms with Gasteiger partial charge in [-0.3, -0.25) is 9.98 Å². The van der Waals surface area contributed by atoms with Gasteiger partial charge in [0, 0.05) is 12.4 Å². The van der Waals surface area contributed by atoms with Crippen LogP contribution in [0.15, 0.2) is 70.9 Å². The van der Waals surface area contributed by atoms with E-state index in [1.54, 1.807) is 12.4 Å². The fourth-order valence-corrected chi connectivity index (χ4v) is 1.79. The molecule has 2 heterocycles. The summed E-state index contributed by atoms with van der Waals surface area (Å²) in [6.45, 7) is 0. The zero-order chi connectivity index (χ0) is 13.6. The lowest BCUT2D eigenvalue weighted by Gasteiger charge is -1.96. The van der Waals surface area contributed by atoms with Gasteiger partial charge in [0.05, 0.1) is 35.2 Å². The van der Waals surface area contributed by atoms with Gasteiger partial charge in [0.1, 0.15) is 0 Å². The predicted molar refractivity (Wildman–Crippen MR) is 82.5 cm³/mol. The lowest BCUT2D eigenvalue weighted by atomic mass is 10.3. The largest absolute Gasteiger partial charge is 0.360 e. The normalized spacial score (nSPS) is 11.6. The molecule has 0 atom stereocenters. The maximum atomic E-state index is 4.42. The topological polar surface area (TPSA) is 56.3 Å². The minimum absolute atomic E-state index is 0.876. The van der Waals surface area contributed by atoms with Crippen LogP contribution in [0, 0.1) is 0 Å². The molecule has 0 aliphatic carbocycles. The smallest absolute Gasteiger partial charge is 0.0652 e. The first-order valence-electron chi connectivity index (χ1n) is 6.35. The fourth-order valence-electron chi connectivity index (χ4n) is 1.79. The van der Waals surface area contributed by atoms with Crippen molar-refractivity contribution in [3.63, 3.8) is 0 Å². The van der Waals surface area contributed by atoms with E-state index >= 15 is 0 Å². The third-order valence-corrected chi connectivity index (χ3v) is 2.78. The average molecular weight is 262 g/mol. The van der Waals surface area contributed by atoms with Gasteiger partial charge in [0.2, 0.25) is 0 Å². The Hall–Kier alpha value is -2.88. The molecule has 2 N–H and O–H groups in total. The van der Waals surface area contributed by atoms with E-state index in [1.807, 2.05) is 60.9 Å². The summed E-state index contributed by atoms with van der Waals surface area (Å²) < 4.78 is 0. The molecule has 3 aromatic rings. The monoisotopic (exact) mass is 262 g/mol. The molecule has 0 amide bonds. The fraction of sp³-hybridized carbons (Fsp3) is 0. The molecule has 0 bridgehead atoms. The predicted octanol–water partition coefficient (Wildman–Crippen LogP) is 3.84. The lowest BCUT2D eigenvalue weighted by molar-refractivity contribution is 1.37. The van der Waals surface area contributed by atoms with E-state index in [0.29, 0.717) is 0 Å². The van der Waals surface area contributed by atoms with E-state index in [4.69, 9.17) is 0 Å². The Labute approximate surface area is 116 Å². The van der Waals surface area contributed by atoms with Crippen LogP contribution in [0.3, 0.4) is 0 Å². The SMILES string of the molecule is C(=Nc1cccc(N=Cc2ccc[nH]2)c1)c1ccc[nH]1. The summed E-state index contributed by atoms with van der Waals surface area (Å²) in [5.41, 5.74) is 3.71. The highest BCUT2D eigenvalue weighted by molar-refractivity contribution is 5.81. The molecule has 0 saturated heterocycles. The third kappa shape index (κ3) is 3.11. The second-order valence-electron chi connectivity index (χ2n) is 4.29. The van der Waals surface area contributed by atoms with Crippen molar-refractivity contribution >= 4 is 23.8 Å². The standard InChI is InChI=1S/C16H14N4/c1-4-13(19-11-15-6-2-8-17-15)10-14(5-1)20-12-16-7-3-9-18-16/h1-12,17-18H. The molecular weight excluding hydrogens is 248 g/mol. The highest BCUT2D eigenvalue weighted by Crippen LogP contribution is 2.20. The molecule has 3 rings (SSSR count). The molecule has 2 aromatic heterocycles. The molecule has 0 aliphatic rings. The van der Waals surface area contributed by atoms with Crippen LogP contribution in [0.1, 0.15) is 11.4 Å². The Bertz CT molecular complexity index is 647. The Morgan fingerprint density at radius 3 is 1.70 bits per heavy atom. The van der Waals surface area contributed by atoms with E-state index in [-0.39, 0.29) is 0 Å². The molecule has 4 heteroatoms. The molecule has 0 aliphatic heterocycles. The molecule has 0 radical (unpaired) electrons. The summed E-state index contributed by atoms with van der Waals surface area (Å²) in [5, 5.41) is 0. The zero-order valence-electron chi connectivity index (χ0n) is 10.8. The maximum Gasteiger partial charge on any atom is 0.0652 e. The number of rotatable bonds is 4. The van der Waals surface area contributed by atoms with E-state index < -0.39 is 0 Å². The van der Waals surface area contributed by atoms with Crippen LogP contribution in [0.2, 0.25) is 0 Å². The zero-order valence-corrected chi connectivity index (χ0v) is 10.8. The summed E-state index contributed by atoms with van der Waals surface area (Å²) in [6, 6.07) is 15.6. The number of benzene rings is 1. The van der Waals surface area contributed by atoms with Crippen LogP contribution < -0.4 is 0 Å². The number of aliphatic imine (C=N–C) groups is 2. The highest BCUT2D eigenvalue weighted by Gasteiger charge is 1.93. The van der Waals surface area contributed by atoms with Gasteiger partial charge in [0.25, 0.3) is 0 Å². The summed E-state index contributed by atoms with van der Waals surface area (Å²) in [5.74, 6) is 0. The minimum Gasteiger partial charge on any atom is -0.360 e. The van der Waals surface area contributed by atoms with Crippen molar-refractivity contribution in [2.75, 3.05) is 0 Å². The van der Waals surface area contributed by atoms with Crippen LogP contribution in [-0.2, 0) is 0 Å². The van der Waals surface area contributed by atoms with Crippen molar-refractivity contribution < 1.29 is 0 Å². The summed E-state index contributed by atoms with van der Waals surface area (Å²) >= 11 is 0. The molecule has 0 fully saturated rings. The van der Waals surface area contributed by atoms with E-state index in [9.17, 15) is 0 Å². The van der Waals surface area contributed by atoms with Crippen molar-refractivity contribution in [3.8, 4) is 0 Å².